The zero-order valence-electron chi connectivity index (χ0n) is 12.2. The summed E-state index contributed by atoms with van der Waals surface area (Å²) in [4.78, 5) is 4.15. The van der Waals surface area contributed by atoms with Gasteiger partial charge in [0, 0.05) is 40.5 Å². The molecule has 4 heterocycles. The standard InChI is InChI=1S/C17H18N4S/c1-6-18-7-2-12(1)15-16(13-3-8-19-9-4-13)20-21-17(15)14-5-10-22-11-14/h1-2,5-7,10-11,13,19H,3-4,8-9H2,(H,20,21). The summed E-state index contributed by atoms with van der Waals surface area (Å²) in [5.74, 6) is 0.546. The minimum Gasteiger partial charge on any atom is -0.317 e. The molecule has 0 saturated carbocycles. The molecule has 0 atom stereocenters. The van der Waals surface area contributed by atoms with Gasteiger partial charge in [0.1, 0.15) is 5.69 Å². The lowest BCUT2D eigenvalue weighted by molar-refractivity contribution is 0.453. The van der Waals surface area contributed by atoms with Gasteiger partial charge in [-0.05, 0) is 55.1 Å². The second kappa shape index (κ2) is 6.02. The van der Waals surface area contributed by atoms with E-state index in [4.69, 9.17) is 0 Å². The van der Waals surface area contributed by atoms with E-state index in [0.717, 1.165) is 31.6 Å². The zero-order valence-corrected chi connectivity index (χ0v) is 13.1. The Hall–Kier alpha value is -1.98. The summed E-state index contributed by atoms with van der Waals surface area (Å²) in [6.07, 6.45) is 6.02. The van der Waals surface area contributed by atoms with Gasteiger partial charge in [-0.2, -0.15) is 16.4 Å². The van der Waals surface area contributed by atoms with Crippen LogP contribution in [-0.2, 0) is 0 Å². The lowest BCUT2D eigenvalue weighted by Crippen LogP contribution is -2.27. The van der Waals surface area contributed by atoms with Crippen LogP contribution in [0.25, 0.3) is 22.4 Å². The van der Waals surface area contributed by atoms with E-state index in [2.05, 4.69) is 49.5 Å². The molecular weight excluding hydrogens is 292 g/mol. The first-order valence-electron chi connectivity index (χ1n) is 7.65. The molecule has 112 valence electrons. The summed E-state index contributed by atoms with van der Waals surface area (Å²) in [5, 5.41) is 15.7. The summed E-state index contributed by atoms with van der Waals surface area (Å²) >= 11 is 1.71. The molecule has 1 aliphatic rings. The van der Waals surface area contributed by atoms with Gasteiger partial charge in [-0.3, -0.25) is 10.1 Å². The van der Waals surface area contributed by atoms with E-state index in [1.165, 1.54) is 22.4 Å². The molecule has 0 unspecified atom stereocenters. The Morgan fingerprint density at radius 2 is 1.86 bits per heavy atom. The molecule has 0 aromatic carbocycles. The van der Waals surface area contributed by atoms with Crippen LogP contribution in [-0.4, -0.2) is 28.3 Å². The van der Waals surface area contributed by atoms with Gasteiger partial charge in [-0.15, -0.1) is 0 Å². The number of nitrogens with one attached hydrogen (secondary N) is 2. The average molecular weight is 310 g/mol. The Kier molecular flexibility index (Phi) is 3.74. The minimum atomic E-state index is 0.546. The van der Waals surface area contributed by atoms with E-state index in [1.807, 2.05) is 12.4 Å². The van der Waals surface area contributed by atoms with Crippen molar-refractivity contribution in [3.8, 4) is 22.4 Å². The smallest absolute Gasteiger partial charge is 0.101 e. The van der Waals surface area contributed by atoms with E-state index < -0.39 is 0 Å². The van der Waals surface area contributed by atoms with Crippen LogP contribution in [0.1, 0.15) is 24.5 Å². The SMILES string of the molecule is c1cc(-c2c(-c3ccsc3)n[nH]c2C2CCNCC2)ccn1. The van der Waals surface area contributed by atoms with Crippen molar-refractivity contribution in [1.82, 2.24) is 20.5 Å². The fourth-order valence-corrected chi connectivity index (χ4v) is 3.82. The Balaban J connectivity index is 1.85. The van der Waals surface area contributed by atoms with Gasteiger partial charge in [-0.25, -0.2) is 0 Å². The molecule has 1 saturated heterocycles. The predicted octanol–water partition coefficient (Wildman–Crippen LogP) is 3.67. The van der Waals surface area contributed by atoms with E-state index in [9.17, 15) is 0 Å². The summed E-state index contributed by atoms with van der Waals surface area (Å²) < 4.78 is 0. The number of rotatable bonds is 3. The van der Waals surface area contributed by atoms with Gasteiger partial charge < -0.3 is 5.32 Å². The first-order chi connectivity index (χ1) is 10.9. The fraction of sp³-hybridized carbons (Fsp3) is 0.294. The highest BCUT2D eigenvalue weighted by Crippen LogP contribution is 2.39. The van der Waals surface area contributed by atoms with Gasteiger partial charge >= 0.3 is 0 Å². The topological polar surface area (TPSA) is 53.6 Å². The average Bonchev–Trinajstić information content (AvgIpc) is 3.25. The number of piperidine rings is 1. The van der Waals surface area contributed by atoms with Crippen molar-refractivity contribution < 1.29 is 0 Å². The van der Waals surface area contributed by atoms with Crippen LogP contribution in [0.15, 0.2) is 41.4 Å². The second-order valence-electron chi connectivity index (χ2n) is 5.63. The molecule has 0 aliphatic carbocycles. The molecule has 0 bridgehead atoms. The third kappa shape index (κ3) is 2.46. The molecule has 1 aliphatic heterocycles. The van der Waals surface area contributed by atoms with E-state index in [-0.39, 0.29) is 0 Å². The van der Waals surface area contributed by atoms with Crippen LogP contribution in [0.2, 0.25) is 0 Å². The van der Waals surface area contributed by atoms with Gasteiger partial charge in [0.15, 0.2) is 0 Å². The highest BCUT2D eigenvalue weighted by atomic mass is 32.1. The fourth-order valence-electron chi connectivity index (χ4n) is 3.18. The Morgan fingerprint density at radius 3 is 2.59 bits per heavy atom. The van der Waals surface area contributed by atoms with Crippen molar-refractivity contribution in [2.45, 2.75) is 18.8 Å². The number of thiophene rings is 1. The number of H-pyrrole nitrogens is 1. The predicted molar refractivity (Wildman–Crippen MR) is 90.0 cm³/mol. The molecule has 2 N–H and O–H groups in total. The number of aromatic amines is 1. The van der Waals surface area contributed by atoms with Gasteiger partial charge in [0.05, 0.1) is 0 Å². The lowest BCUT2D eigenvalue weighted by atomic mass is 9.88. The summed E-state index contributed by atoms with van der Waals surface area (Å²) in [6, 6.07) is 6.29. The zero-order chi connectivity index (χ0) is 14.8. The van der Waals surface area contributed by atoms with Gasteiger partial charge in [-0.1, -0.05) is 0 Å². The third-order valence-corrected chi connectivity index (χ3v) is 4.99. The van der Waals surface area contributed by atoms with Gasteiger partial charge in [0.2, 0.25) is 0 Å². The summed E-state index contributed by atoms with van der Waals surface area (Å²) in [5.41, 5.74) is 5.95. The second-order valence-corrected chi connectivity index (χ2v) is 6.41. The summed E-state index contributed by atoms with van der Waals surface area (Å²) in [7, 11) is 0. The number of nitrogens with zero attached hydrogens (tertiary/aromatic N) is 2. The molecule has 5 heteroatoms. The molecule has 3 aromatic rings. The Morgan fingerprint density at radius 1 is 1.05 bits per heavy atom. The van der Waals surface area contributed by atoms with Crippen molar-refractivity contribution in [3.05, 3.63) is 47.0 Å². The largest absolute Gasteiger partial charge is 0.317 e. The van der Waals surface area contributed by atoms with Crippen LogP contribution in [0.4, 0.5) is 0 Å². The number of hydrogen-bond acceptors (Lipinski definition) is 4. The van der Waals surface area contributed by atoms with Crippen molar-refractivity contribution >= 4 is 11.3 Å². The maximum absolute atomic E-state index is 4.65. The van der Waals surface area contributed by atoms with E-state index in [0.29, 0.717) is 5.92 Å². The van der Waals surface area contributed by atoms with Crippen molar-refractivity contribution in [2.24, 2.45) is 0 Å². The molecule has 3 aromatic heterocycles. The first kappa shape index (κ1) is 13.7. The maximum Gasteiger partial charge on any atom is 0.101 e. The van der Waals surface area contributed by atoms with Crippen LogP contribution in [0.5, 0.6) is 0 Å². The molecule has 0 spiro atoms. The molecule has 0 radical (unpaired) electrons. The van der Waals surface area contributed by atoms with Crippen molar-refractivity contribution in [2.75, 3.05) is 13.1 Å². The van der Waals surface area contributed by atoms with Gasteiger partial charge in [0.25, 0.3) is 0 Å². The molecule has 0 amide bonds. The Bertz CT molecular complexity index is 727. The highest BCUT2D eigenvalue weighted by Gasteiger charge is 2.24. The van der Waals surface area contributed by atoms with Crippen LogP contribution < -0.4 is 5.32 Å². The first-order valence-corrected chi connectivity index (χ1v) is 8.59. The molecule has 1 fully saturated rings. The van der Waals surface area contributed by atoms with Crippen LogP contribution in [0.3, 0.4) is 0 Å². The minimum absolute atomic E-state index is 0.546. The van der Waals surface area contributed by atoms with Crippen LogP contribution in [0, 0.1) is 0 Å². The van der Waals surface area contributed by atoms with Crippen molar-refractivity contribution in [1.29, 1.82) is 0 Å². The normalized spacial score (nSPS) is 16.0. The molecule has 4 rings (SSSR count). The van der Waals surface area contributed by atoms with Crippen molar-refractivity contribution in [3.63, 3.8) is 0 Å². The number of aromatic nitrogens is 3. The number of pyridine rings is 1. The quantitative estimate of drug-likeness (QED) is 0.776. The number of hydrogen-bond donors (Lipinski definition) is 2. The molecule has 22 heavy (non-hydrogen) atoms. The van der Waals surface area contributed by atoms with E-state index in [1.54, 1.807) is 11.3 Å². The Labute approximate surface area is 133 Å². The summed E-state index contributed by atoms with van der Waals surface area (Å²) in [6.45, 7) is 2.15. The monoisotopic (exact) mass is 310 g/mol. The lowest BCUT2D eigenvalue weighted by Gasteiger charge is -2.22. The third-order valence-electron chi connectivity index (χ3n) is 4.31. The van der Waals surface area contributed by atoms with Crippen LogP contribution >= 0.6 is 11.3 Å². The molecular formula is C17H18N4S. The van der Waals surface area contributed by atoms with E-state index >= 15 is 0 Å². The molecule has 4 nitrogen and oxygen atoms in total. The highest BCUT2D eigenvalue weighted by molar-refractivity contribution is 7.08. The maximum atomic E-state index is 4.65.